The maximum absolute atomic E-state index is 11.0. The molecule has 2 atom stereocenters. The van der Waals surface area contributed by atoms with Crippen LogP contribution in [0.25, 0.3) is 0 Å². The third-order valence-electron chi connectivity index (χ3n) is 2.54. The molecule has 1 fully saturated rings. The molecule has 2 unspecified atom stereocenters. The molecule has 0 saturated carbocycles. The van der Waals surface area contributed by atoms with E-state index in [0.29, 0.717) is 0 Å². The maximum atomic E-state index is 11.0. The summed E-state index contributed by atoms with van der Waals surface area (Å²) in [6.45, 7) is 5.22. The quantitative estimate of drug-likeness (QED) is 0.590. The number of hydrogen-bond donors (Lipinski definition) is 1. The Hall–Kier alpha value is -0.860. The van der Waals surface area contributed by atoms with Gasteiger partial charge in [0.1, 0.15) is 5.54 Å². The Morgan fingerprint density at radius 1 is 1.73 bits per heavy atom. The van der Waals surface area contributed by atoms with Gasteiger partial charge in [-0.15, -0.1) is 0 Å². The van der Waals surface area contributed by atoms with Crippen molar-refractivity contribution in [2.75, 3.05) is 0 Å². The number of β-lactam (4-membered cyclic amide) rings is 1. The number of carbonyl (C=O) groups excluding carboxylic acids is 2. The van der Waals surface area contributed by atoms with Crippen molar-refractivity contribution in [1.82, 2.24) is 5.32 Å². The van der Waals surface area contributed by atoms with E-state index in [1.54, 1.807) is 6.92 Å². The second-order valence-corrected chi connectivity index (χ2v) is 3.21. The van der Waals surface area contributed by atoms with Gasteiger partial charge in [-0.05, 0) is 20.3 Å². The van der Waals surface area contributed by atoms with E-state index in [9.17, 15) is 9.59 Å². The molecule has 0 radical (unpaired) electrons. The lowest BCUT2D eigenvalue weighted by atomic mass is 9.73. The van der Waals surface area contributed by atoms with Gasteiger partial charge in [0.25, 0.3) is 0 Å². The molecule has 62 valence electrons. The van der Waals surface area contributed by atoms with Crippen LogP contribution in [0.1, 0.15) is 27.2 Å². The first kappa shape index (κ1) is 8.24. The molecule has 0 aromatic heterocycles. The van der Waals surface area contributed by atoms with Crippen LogP contribution in [0.2, 0.25) is 0 Å². The average Bonchev–Trinajstić information content (AvgIpc) is 1.87. The van der Waals surface area contributed by atoms with Crippen molar-refractivity contribution >= 4 is 11.7 Å². The van der Waals surface area contributed by atoms with Crippen LogP contribution in [0.5, 0.6) is 0 Å². The Morgan fingerprint density at radius 2 is 2.27 bits per heavy atom. The lowest BCUT2D eigenvalue weighted by Gasteiger charge is -2.44. The fourth-order valence-corrected chi connectivity index (χ4v) is 1.54. The van der Waals surface area contributed by atoms with Crippen molar-refractivity contribution in [3.8, 4) is 0 Å². The van der Waals surface area contributed by atoms with Crippen LogP contribution >= 0.6 is 0 Å². The largest absolute Gasteiger partial charge is 0.343 e. The van der Waals surface area contributed by atoms with Crippen LogP contribution < -0.4 is 5.32 Å². The molecular formula is C8H13NO2. The number of ketones is 1. The lowest BCUT2D eigenvalue weighted by Crippen LogP contribution is -2.70. The lowest BCUT2D eigenvalue weighted by molar-refractivity contribution is -0.149. The minimum Gasteiger partial charge on any atom is -0.343 e. The molecule has 1 aliphatic heterocycles. The predicted molar refractivity (Wildman–Crippen MR) is 41.0 cm³/mol. The number of Topliss-reactive ketones (excluding diaryl/α,β-unsaturated/α-hetero) is 1. The Kier molecular flexibility index (Phi) is 1.74. The predicted octanol–water partition coefficient (Wildman–Crippen LogP) is 0.490. The van der Waals surface area contributed by atoms with Crippen molar-refractivity contribution in [2.45, 2.75) is 32.7 Å². The van der Waals surface area contributed by atoms with Crippen molar-refractivity contribution < 1.29 is 9.59 Å². The highest BCUT2D eigenvalue weighted by molar-refractivity contribution is 6.02. The molecule has 0 bridgehead atoms. The molecule has 3 nitrogen and oxygen atoms in total. The third kappa shape index (κ3) is 0.951. The van der Waals surface area contributed by atoms with Crippen LogP contribution in [-0.2, 0) is 9.59 Å². The SMILES string of the molecule is CCC1C(=O)NC1(C)C(C)=O. The van der Waals surface area contributed by atoms with Gasteiger partial charge in [0.05, 0.1) is 5.92 Å². The molecule has 0 aromatic rings. The standard InChI is InChI=1S/C8H13NO2/c1-4-6-7(11)9-8(6,3)5(2)10/h6H,4H2,1-3H3,(H,9,11). The van der Waals surface area contributed by atoms with E-state index in [-0.39, 0.29) is 17.6 Å². The average molecular weight is 155 g/mol. The molecule has 0 aromatic carbocycles. The Bertz CT molecular complexity index is 212. The zero-order chi connectivity index (χ0) is 8.65. The maximum Gasteiger partial charge on any atom is 0.226 e. The number of amides is 1. The van der Waals surface area contributed by atoms with E-state index in [2.05, 4.69) is 5.32 Å². The first-order chi connectivity index (χ1) is 5.02. The van der Waals surface area contributed by atoms with Gasteiger partial charge in [-0.3, -0.25) is 9.59 Å². The molecule has 3 heteroatoms. The molecule has 11 heavy (non-hydrogen) atoms. The van der Waals surface area contributed by atoms with Gasteiger partial charge in [0, 0.05) is 0 Å². The van der Waals surface area contributed by atoms with Gasteiger partial charge in [-0.2, -0.15) is 0 Å². The van der Waals surface area contributed by atoms with Crippen LogP contribution in [0.3, 0.4) is 0 Å². The number of nitrogens with one attached hydrogen (secondary N) is 1. The van der Waals surface area contributed by atoms with E-state index in [4.69, 9.17) is 0 Å². The van der Waals surface area contributed by atoms with Gasteiger partial charge in [-0.1, -0.05) is 6.92 Å². The highest BCUT2D eigenvalue weighted by atomic mass is 16.2. The summed E-state index contributed by atoms with van der Waals surface area (Å²) in [4.78, 5) is 22.0. The first-order valence-electron chi connectivity index (χ1n) is 3.85. The van der Waals surface area contributed by atoms with Gasteiger partial charge >= 0.3 is 0 Å². The smallest absolute Gasteiger partial charge is 0.226 e. The summed E-state index contributed by atoms with van der Waals surface area (Å²) in [6, 6.07) is 0. The molecule has 1 amide bonds. The fourth-order valence-electron chi connectivity index (χ4n) is 1.54. The van der Waals surface area contributed by atoms with Gasteiger partial charge in [0.2, 0.25) is 5.91 Å². The van der Waals surface area contributed by atoms with E-state index in [1.807, 2.05) is 6.92 Å². The number of carbonyl (C=O) groups is 2. The van der Waals surface area contributed by atoms with Crippen molar-refractivity contribution in [2.24, 2.45) is 5.92 Å². The van der Waals surface area contributed by atoms with Gasteiger partial charge in [-0.25, -0.2) is 0 Å². The second-order valence-electron chi connectivity index (χ2n) is 3.21. The molecule has 0 spiro atoms. The highest BCUT2D eigenvalue weighted by Crippen LogP contribution is 2.30. The summed E-state index contributed by atoms with van der Waals surface area (Å²) >= 11 is 0. The molecular weight excluding hydrogens is 142 g/mol. The van der Waals surface area contributed by atoms with Gasteiger partial charge < -0.3 is 5.32 Å². The van der Waals surface area contributed by atoms with Gasteiger partial charge in [0.15, 0.2) is 5.78 Å². The highest BCUT2D eigenvalue weighted by Gasteiger charge is 2.51. The normalized spacial score (nSPS) is 35.9. The van der Waals surface area contributed by atoms with Crippen LogP contribution in [0.15, 0.2) is 0 Å². The van der Waals surface area contributed by atoms with Crippen molar-refractivity contribution in [3.05, 3.63) is 0 Å². The summed E-state index contributed by atoms with van der Waals surface area (Å²) < 4.78 is 0. The van der Waals surface area contributed by atoms with Crippen LogP contribution in [0, 0.1) is 5.92 Å². The van der Waals surface area contributed by atoms with E-state index >= 15 is 0 Å². The summed E-state index contributed by atoms with van der Waals surface area (Å²) in [6.07, 6.45) is 0.738. The molecule has 1 heterocycles. The topological polar surface area (TPSA) is 46.2 Å². The molecule has 1 saturated heterocycles. The minimum absolute atomic E-state index is 0.00481. The summed E-state index contributed by atoms with van der Waals surface area (Å²) in [5.41, 5.74) is -0.578. The number of rotatable bonds is 2. The number of hydrogen-bond acceptors (Lipinski definition) is 2. The minimum atomic E-state index is -0.578. The molecule has 1 rings (SSSR count). The van der Waals surface area contributed by atoms with Crippen LogP contribution in [0.4, 0.5) is 0 Å². The Labute approximate surface area is 66.2 Å². The molecule has 1 N–H and O–H groups in total. The van der Waals surface area contributed by atoms with E-state index in [0.717, 1.165) is 6.42 Å². The Morgan fingerprint density at radius 3 is 2.45 bits per heavy atom. The fraction of sp³-hybridized carbons (Fsp3) is 0.750. The first-order valence-corrected chi connectivity index (χ1v) is 3.85. The summed E-state index contributed by atoms with van der Waals surface area (Å²) in [5, 5.41) is 2.63. The molecule has 0 aliphatic carbocycles. The zero-order valence-corrected chi connectivity index (χ0v) is 7.10. The monoisotopic (exact) mass is 155 g/mol. The van der Waals surface area contributed by atoms with E-state index in [1.165, 1.54) is 6.92 Å². The third-order valence-corrected chi connectivity index (χ3v) is 2.54. The summed E-state index contributed by atoms with van der Waals surface area (Å²) in [5.74, 6) is -0.0610. The van der Waals surface area contributed by atoms with E-state index < -0.39 is 5.54 Å². The van der Waals surface area contributed by atoms with Crippen LogP contribution in [-0.4, -0.2) is 17.2 Å². The zero-order valence-electron chi connectivity index (χ0n) is 7.10. The Balaban J connectivity index is 2.76. The molecule has 1 aliphatic rings. The van der Waals surface area contributed by atoms with Crippen molar-refractivity contribution in [1.29, 1.82) is 0 Å². The second kappa shape index (κ2) is 2.32. The van der Waals surface area contributed by atoms with Crippen molar-refractivity contribution in [3.63, 3.8) is 0 Å². The summed E-state index contributed by atoms with van der Waals surface area (Å²) in [7, 11) is 0.